The second kappa shape index (κ2) is 5.35. The number of halogens is 4. The minimum atomic E-state index is -1.88. The van der Waals surface area contributed by atoms with Crippen LogP contribution >= 0.6 is 0 Å². The number of nitro groups is 1. The summed E-state index contributed by atoms with van der Waals surface area (Å²) >= 11 is 0. The Hall–Kier alpha value is -2.71. The molecule has 110 valence electrons. The van der Waals surface area contributed by atoms with Crippen molar-refractivity contribution in [2.75, 3.05) is 0 Å². The monoisotopic (exact) mass is 302 g/mol. The molecule has 0 aliphatic carbocycles. The lowest BCUT2D eigenvalue weighted by molar-refractivity contribution is -0.385. The summed E-state index contributed by atoms with van der Waals surface area (Å²) in [5.74, 6) is -9.10. The number of benzene rings is 1. The first-order chi connectivity index (χ1) is 9.82. The zero-order chi connectivity index (χ0) is 15.7. The van der Waals surface area contributed by atoms with Crippen LogP contribution in [0, 0.1) is 40.6 Å². The van der Waals surface area contributed by atoms with Crippen LogP contribution in [-0.2, 0) is 0 Å². The minimum Gasteiger partial charge on any atom is -0.450 e. The van der Waals surface area contributed by atoms with Gasteiger partial charge in [-0.15, -0.1) is 0 Å². The molecule has 0 radical (unpaired) electrons. The Morgan fingerprint density at radius 2 is 1.71 bits per heavy atom. The first kappa shape index (κ1) is 14.7. The van der Waals surface area contributed by atoms with Crippen LogP contribution in [-0.4, -0.2) is 9.91 Å². The van der Waals surface area contributed by atoms with Gasteiger partial charge in [0, 0.05) is 6.07 Å². The molecule has 0 atom stereocenters. The summed E-state index contributed by atoms with van der Waals surface area (Å²) in [5, 5.41) is 10.7. The van der Waals surface area contributed by atoms with E-state index in [1.807, 2.05) is 0 Å². The van der Waals surface area contributed by atoms with Crippen molar-refractivity contribution in [2.24, 2.45) is 0 Å². The number of nitrogens with zero attached hydrogens (tertiary/aromatic N) is 2. The van der Waals surface area contributed by atoms with Crippen molar-refractivity contribution in [1.29, 1.82) is 0 Å². The van der Waals surface area contributed by atoms with Gasteiger partial charge in [-0.05, 0) is 13.0 Å². The number of hydrogen-bond donors (Lipinski definition) is 0. The van der Waals surface area contributed by atoms with E-state index in [1.165, 1.54) is 13.0 Å². The zero-order valence-corrected chi connectivity index (χ0v) is 10.4. The third-order valence-electron chi connectivity index (χ3n) is 2.62. The van der Waals surface area contributed by atoms with Crippen LogP contribution in [0.15, 0.2) is 18.2 Å². The quantitative estimate of drug-likeness (QED) is 0.376. The Morgan fingerprint density at radius 3 is 2.24 bits per heavy atom. The molecule has 2 aromatic rings. The minimum absolute atomic E-state index is 0.0565. The highest BCUT2D eigenvalue weighted by atomic mass is 19.2. The van der Waals surface area contributed by atoms with Crippen molar-refractivity contribution < 1.29 is 27.2 Å². The van der Waals surface area contributed by atoms with E-state index in [9.17, 15) is 27.7 Å². The molecule has 2 rings (SSSR count). The van der Waals surface area contributed by atoms with Crippen LogP contribution in [0.2, 0.25) is 0 Å². The molecule has 0 N–H and O–H groups in total. The maximum Gasteiger partial charge on any atom is 0.276 e. The van der Waals surface area contributed by atoms with Gasteiger partial charge in [-0.1, -0.05) is 6.07 Å². The Balaban J connectivity index is 2.54. The molecule has 0 aliphatic rings. The zero-order valence-electron chi connectivity index (χ0n) is 10.4. The summed E-state index contributed by atoms with van der Waals surface area (Å²) in [7, 11) is 0. The Bertz CT molecular complexity index is 711. The molecule has 0 bridgehead atoms. The summed E-state index contributed by atoms with van der Waals surface area (Å²) in [6.45, 7) is 1.26. The van der Waals surface area contributed by atoms with Gasteiger partial charge >= 0.3 is 0 Å². The van der Waals surface area contributed by atoms with Crippen molar-refractivity contribution in [3.8, 4) is 11.5 Å². The predicted octanol–water partition coefficient (Wildman–Crippen LogP) is 3.65. The van der Waals surface area contributed by atoms with Gasteiger partial charge in [0.05, 0.1) is 10.5 Å². The van der Waals surface area contributed by atoms with E-state index in [2.05, 4.69) is 4.98 Å². The average Bonchev–Trinajstić information content (AvgIpc) is 2.42. The van der Waals surface area contributed by atoms with E-state index >= 15 is 0 Å². The molecule has 1 aromatic carbocycles. The number of hydrogen-bond acceptors (Lipinski definition) is 4. The molecule has 0 aliphatic heterocycles. The summed E-state index contributed by atoms with van der Waals surface area (Å²) in [5.41, 5.74) is -0.428. The van der Waals surface area contributed by atoms with Gasteiger partial charge in [-0.3, -0.25) is 10.1 Å². The molecule has 0 unspecified atom stereocenters. The van der Waals surface area contributed by atoms with Crippen LogP contribution in [0.25, 0.3) is 0 Å². The fraction of sp³-hybridized carbons (Fsp3) is 0.0833. The van der Waals surface area contributed by atoms with Gasteiger partial charge in [0.2, 0.25) is 17.4 Å². The molecule has 5 nitrogen and oxygen atoms in total. The fourth-order valence-corrected chi connectivity index (χ4v) is 1.58. The molecule has 0 saturated carbocycles. The van der Waals surface area contributed by atoms with E-state index in [1.54, 1.807) is 0 Å². The van der Waals surface area contributed by atoms with Crippen molar-refractivity contribution in [3.05, 3.63) is 57.4 Å². The van der Waals surface area contributed by atoms with Gasteiger partial charge < -0.3 is 4.74 Å². The maximum absolute atomic E-state index is 13.4. The van der Waals surface area contributed by atoms with Gasteiger partial charge in [0.15, 0.2) is 0 Å². The van der Waals surface area contributed by atoms with Gasteiger partial charge in [0.25, 0.3) is 17.6 Å². The molecule has 0 saturated heterocycles. The highest BCUT2D eigenvalue weighted by molar-refractivity contribution is 5.50. The van der Waals surface area contributed by atoms with Gasteiger partial charge in [0.1, 0.15) is 5.75 Å². The number of aromatic nitrogens is 1. The second-order valence-electron chi connectivity index (χ2n) is 3.91. The number of pyridine rings is 1. The topological polar surface area (TPSA) is 65.3 Å². The normalized spacial score (nSPS) is 10.5. The lowest BCUT2D eigenvalue weighted by atomic mass is 10.2. The van der Waals surface area contributed by atoms with Gasteiger partial charge in [-0.25, -0.2) is 0 Å². The molecule has 9 heteroatoms. The van der Waals surface area contributed by atoms with E-state index in [-0.39, 0.29) is 17.0 Å². The summed E-state index contributed by atoms with van der Waals surface area (Å²) < 4.78 is 57.5. The summed E-state index contributed by atoms with van der Waals surface area (Å²) in [6.07, 6.45) is 0. The number of nitro benzene ring substituents is 1. The fourth-order valence-electron chi connectivity index (χ4n) is 1.58. The smallest absolute Gasteiger partial charge is 0.276 e. The predicted molar refractivity (Wildman–Crippen MR) is 62.0 cm³/mol. The van der Waals surface area contributed by atoms with Crippen LogP contribution in [0.1, 0.15) is 5.56 Å². The van der Waals surface area contributed by atoms with Crippen molar-refractivity contribution in [1.82, 2.24) is 4.98 Å². The van der Waals surface area contributed by atoms with Crippen LogP contribution in [0.3, 0.4) is 0 Å². The first-order valence-corrected chi connectivity index (χ1v) is 5.44. The Morgan fingerprint density at radius 1 is 1.14 bits per heavy atom. The maximum atomic E-state index is 13.4. The number of rotatable bonds is 3. The summed E-state index contributed by atoms with van der Waals surface area (Å²) in [6, 6.07) is 3.50. The highest BCUT2D eigenvalue weighted by Gasteiger charge is 2.24. The molecule has 1 heterocycles. The molecule has 0 amide bonds. The second-order valence-corrected chi connectivity index (χ2v) is 3.91. The van der Waals surface area contributed by atoms with E-state index in [0.29, 0.717) is 0 Å². The third kappa shape index (κ3) is 2.62. The molecule has 0 fully saturated rings. The largest absolute Gasteiger partial charge is 0.450 e. The average molecular weight is 302 g/mol. The molecule has 1 aromatic heterocycles. The molecule has 0 spiro atoms. The first-order valence-electron chi connectivity index (χ1n) is 5.44. The highest BCUT2D eigenvalue weighted by Crippen LogP contribution is 2.34. The van der Waals surface area contributed by atoms with Gasteiger partial charge in [-0.2, -0.15) is 22.5 Å². The standard InChI is InChI=1S/C12H6F4N2O3/c1-5-6(18(19)20)3-2-4-7(5)21-10-8(13)11(15)17-12(16)9(10)14/h2-4H,1H3. The Labute approximate surface area is 115 Å². The van der Waals surface area contributed by atoms with Crippen LogP contribution in [0.4, 0.5) is 23.2 Å². The Kier molecular flexibility index (Phi) is 3.74. The lowest BCUT2D eigenvalue weighted by Gasteiger charge is -2.10. The number of ether oxygens (including phenoxy) is 1. The van der Waals surface area contributed by atoms with Crippen LogP contribution < -0.4 is 4.74 Å². The third-order valence-corrected chi connectivity index (χ3v) is 2.62. The van der Waals surface area contributed by atoms with Crippen molar-refractivity contribution >= 4 is 5.69 Å². The molecule has 21 heavy (non-hydrogen) atoms. The SMILES string of the molecule is Cc1c(Oc2c(F)c(F)nc(F)c2F)cccc1[N+](=O)[O-]. The van der Waals surface area contributed by atoms with Crippen LogP contribution in [0.5, 0.6) is 11.5 Å². The van der Waals surface area contributed by atoms with E-state index in [0.717, 1.165) is 12.1 Å². The summed E-state index contributed by atoms with van der Waals surface area (Å²) in [4.78, 5) is 12.4. The van der Waals surface area contributed by atoms with E-state index in [4.69, 9.17) is 4.74 Å². The molecular formula is C12H6F4N2O3. The molecular weight excluding hydrogens is 296 g/mol. The lowest BCUT2D eigenvalue weighted by Crippen LogP contribution is -2.04. The van der Waals surface area contributed by atoms with Crippen molar-refractivity contribution in [3.63, 3.8) is 0 Å². The van der Waals surface area contributed by atoms with E-state index < -0.39 is 34.2 Å². The van der Waals surface area contributed by atoms with Crippen molar-refractivity contribution in [2.45, 2.75) is 6.92 Å².